The second-order valence-electron chi connectivity index (χ2n) is 4.62. The largest absolute Gasteiger partial charge is 0.507 e. The van der Waals surface area contributed by atoms with Gasteiger partial charge in [0.15, 0.2) is 0 Å². The molecule has 1 aromatic rings. The lowest BCUT2D eigenvalue weighted by atomic mass is 10.0. The minimum atomic E-state index is -0.178. The van der Waals surface area contributed by atoms with Gasteiger partial charge in [0, 0.05) is 6.04 Å². The third-order valence-electron chi connectivity index (χ3n) is 3.03. The van der Waals surface area contributed by atoms with Gasteiger partial charge >= 0.3 is 0 Å². The molecule has 0 saturated heterocycles. The van der Waals surface area contributed by atoms with Crippen molar-refractivity contribution in [2.75, 3.05) is 0 Å². The summed E-state index contributed by atoms with van der Waals surface area (Å²) in [5.41, 5.74) is 0.357. The molecule has 100 valence electrons. The van der Waals surface area contributed by atoms with Crippen LogP contribution in [0.1, 0.15) is 56.3 Å². The monoisotopic (exact) mass is 249 g/mol. The van der Waals surface area contributed by atoms with Crippen molar-refractivity contribution in [2.45, 2.75) is 52.0 Å². The molecule has 1 atom stereocenters. The predicted molar refractivity (Wildman–Crippen MR) is 73.8 cm³/mol. The summed E-state index contributed by atoms with van der Waals surface area (Å²) >= 11 is 0. The van der Waals surface area contributed by atoms with Crippen molar-refractivity contribution in [2.24, 2.45) is 0 Å². The molecule has 0 aliphatic heterocycles. The number of amides is 1. The lowest BCUT2D eigenvalue weighted by molar-refractivity contribution is 0.0929. The fraction of sp³-hybridized carbons (Fsp3) is 0.533. The zero-order valence-electron chi connectivity index (χ0n) is 11.3. The van der Waals surface area contributed by atoms with E-state index in [1.807, 2.05) is 0 Å². The highest BCUT2D eigenvalue weighted by Crippen LogP contribution is 2.16. The number of hydrogen-bond donors (Lipinski definition) is 2. The number of phenols is 1. The van der Waals surface area contributed by atoms with Gasteiger partial charge < -0.3 is 10.4 Å². The number of benzene rings is 1. The number of carbonyl (C=O) groups excluding carboxylic acids is 1. The fourth-order valence-electron chi connectivity index (χ4n) is 2.02. The van der Waals surface area contributed by atoms with E-state index in [-0.39, 0.29) is 17.7 Å². The molecular formula is C15H23NO2. The lowest BCUT2D eigenvalue weighted by Gasteiger charge is -2.18. The van der Waals surface area contributed by atoms with E-state index in [0.29, 0.717) is 5.56 Å². The summed E-state index contributed by atoms with van der Waals surface area (Å²) in [6.07, 6.45) is 5.29. The van der Waals surface area contributed by atoms with E-state index >= 15 is 0 Å². The van der Waals surface area contributed by atoms with Crippen molar-refractivity contribution >= 4 is 5.91 Å². The molecule has 0 spiro atoms. The Morgan fingerprint density at radius 3 is 2.56 bits per heavy atom. The Bertz CT molecular complexity index is 377. The number of para-hydroxylation sites is 1. The molecule has 1 unspecified atom stereocenters. The second-order valence-corrected chi connectivity index (χ2v) is 4.62. The molecule has 3 heteroatoms. The van der Waals surface area contributed by atoms with Crippen LogP contribution in [0.5, 0.6) is 5.75 Å². The Kier molecular flexibility index (Phi) is 6.26. The van der Waals surface area contributed by atoms with Crippen molar-refractivity contribution in [1.82, 2.24) is 5.32 Å². The van der Waals surface area contributed by atoms with Gasteiger partial charge in [-0.05, 0) is 25.0 Å². The van der Waals surface area contributed by atoms with Gasteiger partial charge in [-0.15, -0.1) is 0 Å². The summed E-state index contributed by atoms with van der Waals surface area (Å²) in [7, 11) is 0. The zero-order valence-corrected chi connectivity index (χ0v) is 11.3. The van der Waals surface area contributed by atoms with Gasteiger partial charge in [0.1, 0.15) is 5.75 Å². The first-order valence-electron chi connectivity index (χ1n) is 6.77. The molecule has 0 aliphatic carbocycles. The molecule has 3 nitrogen and oxygen atoms in total. The van der Waals surface area contributed by atoms with E-state index in [9.17, 15) is 9.90 Å². The van der Waals surface area contributed by atoms with Gasteiger partial charge in [-0.3, -0.25) is 4.79 Å². The molecular weight excluding hydrogens is 226 g/mol. The first-order chi connectivity index (χ1) is 8.69. The predicted octanol–water partition coefficient (Wildman–Crippen LogP) is 3.48. The molecule has 0 saturated carbocycles. The third kappa shape index (κ3) is 4.40. The number of unbranched alkanes of at least 4 members (excludes halogenated alkanes) is 1. The van der Waals surface area contributed by atoms with E-state index < -0.39 is 0 Å². The van der Waals surface area contributed by atoms with Crippen LogP contribution < -0.4 is 5.32 Å². The molecule has 2 N–H and O–H groups in total. The lowest BCUT2D eigenvalue weighted by Crippen LogP contribution is -2.34. The summed E-state index contributed by atoms with van der Waals surface area (Å²) in [5.74, 6) is -0.136. The van der Waals surface area contributed by atoms with Gasteiger partial charge in [-0.25, -0.2) is 0 Å². The van der Waals surface area contributed by atoms with Crippen LogP contribution in [-0.2, 0) is 0 Å². The van der Waals surface area contributed by atoms with Crippen LogP contribution >= 0.6 is 0 Å². The molecule has 0 heterocycles. The van der Waals surface area contributed by atoms with Crippen molar-refractivity contribution < 1.29 is 9.90 Å². The van der Waals surface area contributed by atoms with Crippen LogP contribution in [0, 0.1) is 0 Å². The highest BCUT2D eigenvalue weighted by molar-refractivity contribution is 5.96. The Morgan fingerprint density at radius 1 is 1.22 bits per heavy atom. The van der Waals surface area contributed by atoms with Crippen LogP contribution in [-0.4, -0.2) is 17.1 Å². The third-order valence-corrected chi connectivity index (χ3v) is 3.03. The Hall–Kier alpha value is -1.51. The van der Waals surface area contributed by atoms with Gasteiger partial charge in [-0.1, -0.05) is 45.2 Å². The first kappa shape index (κ1) is 14.6. The second kappa shape index (κ2) is 7.75. The van der Waals surface area contributed by atoms with Crippen LogP contribution in [0.15, 0.2) is 24.3 Å². The quantitative estimate of drug-likeness (QED) is 0.777. The normalized spacial score (nSPS) is 12.1. The van der Waals surface area contributed by atoms with Crippen molar-refractivity contribution in [3.05, 3.63) is 29.8 Å². The highest BCUT2D eigenvalue weighted by Gasteiger charge is 2.14. The van der Waals surface area contributed by atoms with E-state index in [2.05, 4.69) is 19.2 Å². The minimum absolute atomic E-state index is 0.0424. The Balaban J connectivity index is 2.63. The number of hydrogen-bond acceptors (Lipinski definition) is 2. The number of aromatic hydroxyl groups is 1. The molecule has 0 bridgehead atoms. The molecule has 1 rings (SSSR count). The molecule has 1 aromatic carbocycles. The summed E-state index contributed by atoms with van der Waals surface area (Å²) in [4.78, 5) is 12.0. The Morgan fingerprint density at radius 2 is 1.94 bits per heavy atom. The molecule has 0 aliphatic rings. The average Bonchev–Trinajstić information content (AvgIpc) is 2.36. The van der Waals surface area contributed by atoms with Gasteiger partial charge in [0.2, 0.25) is 0 Å². The zero-order chi connectivity index (χ0) is 13.4. The van der Waals surface area contributed by atoms with Gasteiger partial charge in [0.25, 0.3) is 5.91 Å². The smallest absolute Gasteiger partial charge is 0.255 e. The number of rotatable bonds is 7. The molecule has 0 radical (unpaired) electrons. The number of carbonyl (C=O) groups is 1. The average molecular weight is 249 g/mol. The maximum absolute atomic E-state index is 12.0. The van der Waals surface area contributed by atoms with Crippen molar-refractivity contribution in [1.29, 1.82) is 0 Å². The van der Waals surface area contributed by atoms with E-state index in [1.54, 1.807) is 18.2 Å². The number of phenolic OH excluding ortho intramolecular Hbond substituents is 1. The molecule has 0 fully saturated rings. The van der Waals surface area contributed by atoms with Crippen molar-refractivity contribution in [3.8, 4) is 5.75 Å². The summed E-state index contributed by atoms with van der Waals surface area (Å²) in [6, 6.07) is 6.87. The maximum atomic E-state index is 12.0. The van der Waals surface area contributed by atoms with E-state index in [4.69, 9.17) is 0 Å². The highest BCUT2D eigenvalue weighted by atomic mass is 16.3. The Labute approximate surface area is 109 Å². The SMILES string of the molecule is CCCCC(CCC)NC(=O)c1ccccc1O. The van der Waals surface area contributed by atoms with Gasteiger partial charge in [0.05, 0.1) is 5.56 Å². The van der Waals surface area contributed by atoms with Crippen LogP contribution in [0.2, 0.25) is 0 Å². The fourth-order valence-corrected chi connectivity index (χ4v) is 2.02. The summed E-state index contributed by atoms with van der Waals surface area (Å²) < 4.78 is 0. The van der Waals surface area contributed by atoms with Crippen LogP contribution in [0.25, 0.3) is 0 Å². The first-order valence-corrected chi connectivity index (χ1v) is 6.77. The molecule has 18 heavy (non-hydrogen) atoms. The van der Waals surface area contributed by atoms with Crippen molar-refractivity contribution in [3.63, 3.8) is 0 Å². The number of nitrogens with one attached hydrogen (secondary N) is 1. The standard InChI is InChI=1S/C15H23NO2/c1-3-5-9-12(8-4-2)16-15(18)13-10-6-7-11-14(13)17/h6-7,10-12,17H,3-5,8-9H2,1-2H3,(H,16,18). The minimum Gasteiger partial charge on any atom is -0.507 e. The molecule has 0 aromatic heterocycles. The van der Waals surface area contributed by atoms with Crippen LogP contribution in [0.3, 0.4) is 0 Å². The van der Waals surface area contributed by atoms with Crippen LogP contribution in [0.4, 0.5) is 0 Å². The summed E-state index contributed by atoms with van der Waals surface area (Å²) in [5, 5.41) is 12.6. The van der Waals surface area contributed by atoms with E-state index in [1.165, 1.54) is 6.07 Å². The van der Waals surface area contributed by atoms with E-state index in [0.717, 1.165) is 32.1 Å². The topological polar surface area (TPSA) is 49.3 Å². The maximum Gasteiger partial charge on any atom is 0.255 e. The van der Waals surface area contributed by atoms with Gasteiger partial charge in [-0.2, -0.15) is 0 Å². The molecule has 1 amide bonds. The summed E-state index contributed by atoms with van der Waals surface area (Å²) in [6.45, 7) is 4.26.